The lowest BCUT2D eigenvalue weighted by Crippen LogP contribution is -2.44. The zero-order valence-corrected chi connectivity index (χ0v) is 12.0. The number of likely N-dealkylation sites (N-methyl/N-ethyl adjacent to an activating group) is 1. The van der Waals surface area contributed by atoms with Crippen LogP contribution < -0.4 is 10.2 Å². The summed E-state index contributed by atoms with van der Waals surface area (Å²) in [5.74, 6) is -0.0852. The molecule has 1 aliphatic rings. The van der Waals surface area contributed by atoms with E-state index in [1.807, 2.05) is 24.3 Å². The number of rotatable bonds is 3. The van der Waals surface area contributed by atoms with Gasteiger partial charge < -0.3 is 19.5 Å². The number of oxazole rings is 1. The number of carbonyl (C=O) groups is 1. The number of piperazine rings is 1. The Morgan fingerprint density at radius 1 is 1.19 bits per heavy atom. The van der Waals surface area contributed by atoms with E-state index in [0.717, 1.165) is 31.9 Å². The number of anilines is 2. The van der Waals surface area contributed by atoms with Gasteiger partial charge in [0.05, 0.1) is 6.20 Å². The number of nitrogens with one attached hydrogen (secondary N) is 1. The predicted molar refractivity (Wildman–Crippen MR) is 80.6 cm³/mol. The molecule has 21 heavy (non-hydrogen) atoms. The highest BCUT2D eigenvalue weighted by Crippen LogP contribution is 2.19. The van der Waals surface area contributed by atoms with E-state index in [2.05, 4.69) is 27.1 Å². The fourth-order valence-corrected chi connectivity index (χ4v) is 2.34. The van der Waals surface area contributed by atoms with Crippen LogP contribution in [-0.2, 0) is 0 Å². The highest BCUT2D eigenvalue weighted by atomic mass is 16.3. The summed E-state index contributed by atoms with van der Waals surface area (Å²) in [6.07, 6.45) is 2.64. The van der Waals surface area contributed by atoms with Gasteiger partial charge in [-0.25, -0.2) is 4.98 Å². The Morgan fingerprint density at radius 3 is 2.52 bits per heavy atom. The highest BCUT2D eigenvalue weighted by Gasteiger charge is 2.14. The molecule has 1 aliphatic heterocycles. The minimum Gasteiger partial charge on any atom is -0.438 e. The Balaban J connectivity index is 1.63. The van der Waals surface area contributed by atoms with Crippen LogP contribution in [0.15, 0.2) is 41.3 Å². The van der Waals surface area contributed by atoms with Gasteiger partial charge in [0.1, 0.15) is 0 Å². The monoisotopic (exact) mass is 286 g/mol. The van der Waals surface area contributed by atoms with E-state index in [1.165, 1.54) is 18.3 Å². The standard InChI is InChI=1S/C15H18N4O2/c1-18-6-8-19(9-7-18)13-4-2-12(3-5-13)17-15(20)14-10-16-11-21-14/h2-5,10-11H,6-9H2,1H3,(H,17,20). The Labute approximate surface area is 123 Å². The molecule has 0 unspecified atom stereocenters. The van der Waals surface area contributed by atoms with Gasteiger partial charge >= 0.3 is 0 Å². The van der Waals surface area contributed by atoms with Crippen molar-refractivity contribution in [1.82, 2.24) is 9.88 Å². The molecular formula is C15H18N4O2. The molecule has 1 fully saturated rings. The van der Waals surface area contributed by atoms with Gasteiger partial charge in [-0.3, -0.25) is 4.79 Å². The smallest absolute Gasteiger partial charge is 0.293 e. The molecule has 1 saturated heterocycles. The van der Waals surface area contributed by atoms with E-state index < -0.39 is 0 Å². The van der Waals surface area contributed by atoms with Gasteiger partial charge in [0.2, 0.25) is 5.76 Å². The first-order chi connectivity index (χ1) is 10.2. The van der Waals surface area contributed by atoms with Crippen LogP contribution in [0.5, 0.6) is 0 Å². The summed E-state index contributed by atoms with van der Waals surface area (Å²) in [5, 5.41) is 2.78. The molecule has 6 nitrogen and oxygen atoms in total. The first-order valence-corrected chi connectivity index (χ1v) is 6.96. The van der Waals surface area contributed by atoms with Crippen LogP contribution in [0.2, 0.25) is 0 Å². The van der Waals surface area contributed by atoms with Crippen LogP contribution in [0.25, 0.3) is 0 Å². The Morgan fingerprint density at radius 2 is 1.90 bits per heavy atom. The molecule has 1 aromatic carbocycles. The third-order valence-electron chi connectivity index (χ3n) is 3.65. The second-order valence-corrected chi connectivity index (χ2v) is 5.16. The maximum absolute atomic E-state index is 11.8. The summed E-state index contributed by atoms with van der Waals surface area (Å²) in [6.45, 7) is 4.20. The Bertz CT molecular complexity index is 587. The van der Waals surface area contributed by atoms with Crippen molar-refractivity contribution in [2.24, 2.45) is 0 Å². The predicted octanol–water partition coefficient (Wildman–Crippen LogP) is 1.68. The quantitative estimate of drug-likeness (QED) is 0.930. The first-order valence-electron chi connectivity index (χ1n) is 6.96. The molecule has 0 radical (unpaired) electrons. The lowest BCUT2D eigenvalue weighted by Gasteiger charge is -2.34. The van der Waals surface area contributed by atoms with Crippen LogP contribution >= 0.6 is 0 Å². The molecule has 2 heterocycles. The van der Waals surface area contributed by atoms with Gasteiger partial charge in [0.15, 0.2) is 6.39 Å². The fourth-order valence-electron chi connectivity index (χ4n) is 2.34. The minimum absolute atomic E-state index is 0.207. The van der Waals surface area contributed by atoms with Gasteiger partial charge in [-0.2, -0.15) is 0 Å². The molecule has 1 aromatic heterocycles. The first kappa shape index (κ1) is 13.6. The van der Waals surface area contributed by atoms with Crippen molar-refractivity contribution in [1.29, 1.82) is 0 Å². The highest BCUT2D eigenvalue weighted by molar-refractivity contribution is 6.02. The second-order valence-electron chi connectivity index (χ2n) is 5.16. The molecule has 0 saturated carbocycles. The summed E-state index contributed by atoms with van der Waals surface area (Å²) < 4.78 is 4.96. The number of nitrogens with zero attached hydrogens (tertiary/aromatic N) is 3. The third-order valence-corrected chi connectivity index (χ3v) is 3.65. The van der Waals surface area contributed by atoms with Crippen molar-refractivity contribution >= 4 is 17.3 Å². The SMILES string of the molecule is CN1CCN(c2ccc(NC(=O)c3cnco3)cc2)CC1. The minimum atomic E-state index is -0.292. The lowest BCUT2D eigenvalue weighted by molar-refractivity contribution is 0.0996. The van der Waals surface area contributed by atoms with E-state index in [4.69, 9.17) is 4.42 Å². The van der Waals surface area contributed by atoms with E-state index in [1.54, 1.807) is 0 Å². The molecule has 3 rings (SSSR count). The summed E-state index contributed by atoms with van der Waals surface area (Å²) in [5.41, 5.74) is 1.93. The van der Waals surface area contributed by atoms with Crippen molar-refractivity contribution in [3.05, 3.63) is 42.6 Å². The number of benzene rings is 1. The fraction of sp³-hybridized carbons (Fsp3) is 0.333. The molecule has 6 heteroatoms. The molecule has 1 amide bonds. The topological polar surface area (TPSA) is 61.6 Å². The van der Waals surface area contributed by atoms with Gasteiger partial charge in [0.25, 0.3) is 5.91 Å². The Hall–Kier alpha value is -2.34. The van der Waals surface area contributed by atoms with Crippen molar-refractivity contribution in [3.8, 4) is 0 Å². The summed E-state index contributed by atoms with van der Waals surface area (Å²) in [7, 11) is 2.14. The van der Waals surface area contributed by atoms with Gasteiger partial charge in [-0.15, -0.1) is 0 Å². The average Bonchev–Trinajstić information content (AvgIpc) is 3.03. The Kier molecular flexibility index (Phi) is 3.87. The van der Waals surface area contributed by atoms with E-state index in [9.17, 15) is 4.79 Å². The van der Waals surface area contributed by atoms with E-state index >= 15 is 0 Å². The maximum Gasteiger partial charge on any atom is 0.293 e. The van der Waals surface area contributed by atoms with Crippen molar-refractivity contribution in [3.63, 3.8) is 0 Å². The second kappa shape index (κ2) is 5.97. The number of amides is 1. The summed E-state index contributed by atoms with van der Waals surface area (Å²) in [4.78, 5) is 20.2. The normalized spacial score (nSPS) is 16.0. The van der Waals surface area contributed by atoms with E-state index in [-0.39, 0.29) is 11.7 Å². The maximum atomic E-state index is 11.8. The van der Waals surface area contributed by atoms with Crippen LogP contribution in [0.3, 0.4) is 0 Å². The molecule has 0 atom stereocenters. The van der Waals surface area contributed by atoms with Gasteiger partial charge in [0, 0.05) is 37.6 Å². The molecule has 0 aliphatic carbocycles. The molecule has 0 bridgehead atoms. The molecule has 110 valence electrons. The zero-order valence-electron chi connectivity index (χ0n) is 12.0. The molecule has 0 spiro atoms. The van der Waals surface area contributed by atoms with Crippen LogP contribution in [-0.4, -0.2) is 49.0 Å². The largest absolute Gasteiger partial charge is 0.438 e. The number of hydrogen-bond donors (Lipinski definition) is 1. The van der Waals surface area contributed by atoms with Crippen molar-refractivity contribution in [2.75, 3.05) is 43.4 Å². The number of carbonyl (C=O) groups excluding carboxylic acids is 1. The zero-order chi connectivity index (χ0) is 14.7. The van der Waals surface area contributed by atoms with Gasteiger partial charge in [-0.1, -0.05) is 0 Å². The molecular weight excluding hydrogens is 268 g/mol. The van der Waals surface area contributed by atoms with Crippen molar-refractivity contribution < 1.29 is 9.21 Å². The van der Waals surface area contributed by atoms with E-state index in [0.29, 0.717) is 0 Å². The third kappa shape index (κ3) is 3.22. The van der Waals surface area contributed by atoms with Crippen LogP contribution in [0.4, 0.5) is 11.4 Å². The van der Waals surface area contributed by atoms with Crippen LogP contribution in [0.1, 0.15) is 10.6 Å². The van der Waals surface area contributed by atoms with Crippen molar-refractivity contribution in [2.45, 2.75) is 0 Å². The summed E-state index contributed by atoms with van der Waals surface area (Å²) >= 11 is 0. The molecule has 2 aromatic rings. The van der Waals surface area contributed by atoms with Gasteiger partial charge in [-0.05, 0) is 31.3 Å². The molecule has 1 N–H and O–H groups in total. The van der Waals surface area contributed by atoms with Crippen LogP contribution in [0, 0.1) is 0 Å². The number of hydrogen-bond acceptors (Lipinski definition) is 5. The average molecular weight is 286 g/mol. The lowest BCUT2D eigenvalue weighted by atomic mass is 10.2. The number of aromatic nitrogens is 1. The summed E-state index contributed by atoms with van der Waals surface area (Å²) in [6, 6.07) is 7.87.